The number of amides is 2. The highest BCUT2D eigenvalue weighted by molar-refractivity contribution is 6.09. The van der Waals surface area contributed by atoms with Crippen molar-refractivity contribution >= 4 is 23.0 Å². The number of carbonyl (C=O) groups excluding carboxylic acids is 2. The maximum absolute atomic E-state index is 12.9. The smallest absolute Gasteiger partial charge is 0.287 e. The summed E-state index contributed by atoms with van der Waals surface area (Å²) < 4.78 is 1.64. The first kappa shape index (κ1) is 19.6. The van der Waals surface area contributed by atoms with Crippen LogP contribution in [0.2, 0.25) is 0 Å². The highest BCUT2D eigenvalue weighted by Gasteiger charge is 2.22. The number of hydrogen-bond donors (Lipinski definition) is 2. The van der Waals surface area contributed by atoms with Gasteiger partial charge in [0.05, 0.1) is 5.52 Å². The van der Waals surface area contributed by atoms with E-state index in [9.17, 15) is 9.59 Å². The van der Waals surface area contributed by atoms with E-state index in [1.165, 1.54) is 0 Å². The molecule has 0 saturated heterocycles. The fourth-order valence-corrected chi connectivity index (χ4v) is 3.02. The molecular weight excluding hydrogens is 354 g/mol. The monoisotopic (exact) mass is 379 g/mol. The number of hydrogen-bond acceptors (Lipinski definition) is 4. The van der Waals surface area contributed by atoms with Crippen molar-refractivity contribution in [2.24, 2.45) is 0 Å². The second-order valence-corrected chi connectivity index (χ2v) is 7.02. The number of aromatic nitrogens is 2. The van der Waals surface area contributed by atoms with Crippen molar-refractivity contribution in [1.82, 2.24) is 19.6 Å². The minimum atomic E-state index is -0.339. The van der Waals surface area contributed by atoms with Crippen LogP contribution in [0.4, 0.5) is 5.69 Å². The van der Waals surface area contributed by atoms with Crippen LogP contribution in [0.1, 0.15) is 32.2 Å². The van der Waals surface area contributed by atoms with Crippen molar-refractivity contribution in [3.05, 3.63) is 65.2 Å². The number of benzene rings is 1. The van der Waals surface area contributed by atoms with Crippen LogP contribution < -0.4 is 10.6 Å². The summed E-state index contributed by atoms with van der Waals surface area (Å²) in [5.41, 5.74) is 3.52. The molecule has 0 aliphatic carbocycles. The summed E-state index contributed by atoms with van der Waals surface area (Å²) in [5.74, 6) is -0.455. The van der Waals surface area contributed by atoms with E-state index >= 15 is 0 Å². The molecule has 0 aliphatic rings. The van der Waals surface area contributed by atoms with Gasteiger partial charge in [-0.1, -0.05) is 24.3 Å². The van der Waals surface area contributed by atoms with Crippen molar-refractivity contribution in [2.75, 3.05) is 32.5 Å². The quantitative estimate of drug-likeness (QED) is 0.690. The number of nitrogens with one attached hydrogen (secondary N) is 2. The van der Waals surface area contributed by atoms with Gasteiger partial charge in [-0.05, 0) is 51.2 Å². The predicted octanol–water partition coefficient (Wildman–Crippen LogP) is 2.49. The lowest BCUT2D eigenvalue weighted by Crippen LogP contribution is -2.32. The minimum Gasteiger partial charge on any atom is -0.348 e. The van der Waals surface area contributed by atoms with Crippen molar-refractivity contribution in [3.63, 3.8) is 0 Å². The Balaban J connectivity index is 1.91. The largest absolute Gasteiger partial charge is 0.348 e. The zero-order chi connectivity index (χ0) is 20.3. The maximum atomic E-state index is 12.9. The third kappa shape index (κ3) is 4.04. The summed E-state index contributed by atoms with van der Waals surface area (Å²) in [7, 11) is 3.88. The summed E-state index contributed by atoms with van der Waals surface area (Å²) >= 11 is 0. The fraction of sp³-hybridized carbons (Fsp3) is 0.286. The number of aryl methyl sites for hydroxylation is 2. The van der Waals surface area contributed by atoms with E-state index in [2.05, 4.69) is 15.6 Å². The number of rotatable bonds is 6. The highest BCUT2D eigenvalue weighted by Crippen LogP contribution is 2.21. The molecule has 2 amide bonds. The van der Waals surface area contributed by atoms with Gasteiger partial charge in [0.25, 0.3) is 11.8 Å². The molecule has 2 aromatic heterocycles. The lowest BCUT2D eigenvalue weighted by molar-refractivity contribution is 0.0940. The van der Waals surface area contributed by atoms with Crippen LogP contribution in [-0.4, -0.2) is 53.3 Å². The van der Waals surface area contributed by atoms with Crippen LogP contribution in [0.5, 0.6) is 0 Å². The molecule has 0 bridgehead atoms. The molecular formula is C21H25N5O2. The van der Waals surface area contributed by atoms with Gasteiger partial charge in [0.1, 0.15) is 0 Å². The normalized spacial score (nSPS) is 11.0. The Kier molecular flexibility index (Phi) is 5.75. The summed E-state index contributed by atoms with van der Waals surface area (Å²) in [5, 5.41) is 5.79. The van der Waals surface area contributed by atoms with Crippen molar-refractivity contribution in [2.45, 2.75) is 13.8 Å². The zero-order valence-corrected chi connectivity index (χ0v) is 16.6. The average Bonchev–Trinajstić information content (AvgIpc) is 3.04. The number of fused-ring (bicyclic) bond motifs is 1. The molecule has 0 aliphatic heterocycles. The summed E-state index contributed by atoms with van der Waals surface area (Å²) in [4.78, 5) is 31.9. The van der Waals surface area contributed by atoms with Gasteiger partial charge in [-0.2, -0.15) is 0 Å². The molecule has 0 saturated carbocycles. The van der Waals surface area contributed by atoms with E-state index in [0.717, 1.165) is 23.4 Å². The van der Waals surface area contributed by atoms with Gasteiger partial charge < -0.3 is 15.5 Å². The van der Waals surface area contributed by atoms with E-state index in [1.54, 1.807) is 22.7 Å². The van der Waals surface area contributed by atoms with Crippen LogP contribution in [-0.2, 0) is 0 Å². The molecule has 3 rings (SSSR count). The molecule has 0 spiro atoms. The number of imidazole rings is 1. The highest BCUT2D eigenvalue weighted by atomic mass is 16.2. The van der Waals surface area contributed by atoms with Crippen molar-refractivity contribution in [3.8, 4) is 0 Å². The van der Waals surface area contributed by atoms with Gasteiger partial charge in [-0.25, -0.2) is 4.98 Å². The molecule has 146 valence electrons. The lowest BCUT2D eigenvalue weighted by Gasteiger charge is -2.10. The third-order valence-electron chi connectivity index (χ3n) is 4.53. The maximum Gasteiger partial charge on any atom is 0.287 e. The second kappa shape index (κ2) is 8.22. The molecule has 2 heterocycles. The number of anilines is 1. The number of pyridine rings is 1. The minimum absolute atomic E-state index is 0.195. The van der Waals surface area contributed by atoms with E-state index in [0.29, 0.717) is 12.1 Å². The van der Waals surface area contributed by atoms with Gasteiger partial charge in [0.15, 0.2) is 5.69 Å². The van der Waals surface area contributed by atoms with E-state index < -0.39 is 0 Å². The van der Waals surface area contributed by atoms with Gasteiger partial charge in [-0.3, -0.25) is 14.0 Å². The first-order valence-electron chi connectivity index (χ1n) is 9.16. The molecule has 0 unspecified atom stereocenters. The van der Waals surface area contributed by atoms with Crippen LogP contribution >= 0.6 is 0 Å². The Morgan fingerprint density at radius 1 is 1.04 bits per heavy atom. The molecule has 28 heavy (non-hydrogen) atoms. The number of likely N-dealkylation sites (N-methyl/N-ethyl adjacent to an activating group) is 1. The Morgan fingerprint density at radius 3 is 2.43 bits per heavy atom. The summed E-state index contributed by atoms with van der Waals surface area (Å²) in [6, 6.07) is 11.2. The number of nitrogens with zero attached hydrogens (tertiary/aromatic N) is 3. The Morgan fingerprint density at radius 2 is 1.75 bits per heavy atom. The zero-order valence-electron chi connectivity index (χ0n) is 16.6. The van der Waals surface area contributed by atoms with Gasteiger partial charge in [0, 0.05) is 25.0 Å². The molecule has 0 radical (unpaired) electrons. The van der Waals surface area contributed by atoms with Crippen LogP contribution in [0.15, 0.2) is 42.6 Å². The Labute approximate surface area is 164 Å². The van der Waals surface area contributed by atoms with E-state index in [1.807, 2.05) is 57.1 Å². The molecule has 7 heteroatoms. The summed E-state index contributed by atoms with van der Waals surface area (Å²) in [6.07, 6.45) is 1.74. The Hall–Kier alpha value is -3.19. The second-order valence-electron chi connectivity index (χ2n) is 7.02. The molecule has 7 nitrogen and oxygen atoms in total. The van der Waals surface area contributed by atoms with Crippen LogP contribution in [0.3, 0.4) is 0 Å². The SMILES string of the molecule is Cc1cccc(C)c1NC(=O)c1nc(C(=O)NCCN(C)C)n2ccccc12. The summed E-state index contributed by atoms with van der Waals surface area (Å²) in [6.45, 7) is 5.10. The van der Waals surface area contributed by atoms with Gasteiger partial charge in [-0.15, -0.1) is 0 Å². The van der Waals surface area contributed by atoms with E-state index in [-0.39, 0.29) is 23.3 Å². The molecule has 2 N–H and O–H groups in total. The lowest BCUT2D eigenvalue weighted by atomic mass is 10.1. The van der Waals surface area contributed by atoms with Crippen molar-refractivity contribution < 1.29 is 9.59 Å². The molecule has 3 aromatic rings. The van der Waals surface area contributed by atoms with Crippen molar-refractivity contribution in [1.29, 1.82) is 0 Å². The number of carbonyl (C=O) groups is 2. The third-order valence-corrected chi connectivity index (χ3v) is 4.53. The Bertz CT molecular complexity index is 1000. The fourth-order valence-electron chi connectivity index (χ4n) is 3.02. The first-order chi connectivity index (χ1) is 13.4. The first-order valence-corrected chi connectivity index (χ1v) is 9.16. The van der Waals surface area contributed by atoms with Crippen LogP contribution in [0, 0.1) is 13.8 Å². The molecule has 1 aromatic carbocycles. The van der Waals surface area contributed by atoms with E-state index in [4.69, 9.17) is 0 Å². The standard InChI is InChI=1S/C21H25N5O2/c1-14-8-7-9-15(2)17(14)24-20(27)18-16-10-5-6-12-26(16)19(23-18)21(28)22-11-13-25(3)4/h5-10,12H,11,13H2,1-4H3,(H,22,28)(H,24,27). The van der Waals surface area contributed by atoms with Gasteiger partial charge >= 0.3 is 0 Å². The molecule has 0 atom stereocenters. The number of para-hydroxylation sites is 1. The van der Waals surface area contributed by atoms with Crippen LogP contribution in [0.25, 0.3) is 5.52 Å². The van der Waals surface area contributed by atoms with Gasteiger partial charge in [0.2, 0.25) is 5.82 Å². The molecule has 0 fully saturated rings. The topological polar surface area (TPSA) is 78.7 Å². The average molecular weight is 379 g/mol. The predicted molar refractivity (Wildman–Crippen MR) is 110 cm³/mol.